The van der Waals surface area contributed by atoms with Crippen molar-refractivity contribution in [3.05, 3.63) is 24.2 Å². The molecule has 0 radical (unpaired) electrons. The van der Waals surface area contributed by atoms with E-state index in [0.717, 1.165) is 51.0 Å². The summed E-state index contributed by atoms with van der Waals surface area (Å²) in [4.78, 5) is 10.8. The second-order valence-electron chi connectivity index (χ2n) is 5.12. The van der Waals surface area contributed by atoms with Crippen molar-refractivity contribution >= 4 is 17.5 Å². The summed E-state index contributed by atoms with van der Waals surface area (Å²) in [7, 11) is 0. The molecule has 1 fully saturated rings. The van der Waals surface area contributed by atoms with E-state index in [1.807, 2.05) is 19.1 Å². The second-order valence-corrected chi connectivity index (χ2v) is 5.12. The minimum Gasteiger partial charge on any atom is -0.379 e. The molecule has 8 heteroatoms. The fraction of sp³-hybridized carbons (Fsp3) is 0.500. The Kier molecular flexibility index (Phi) is 4.81. The van der Waals surface area contributed by atoms with E-state index >= 15 is 0 Å². The van der Waals surface area contributed by atoms with Crippen molar-refractivity contribution in [2.75, 3.05) is 50.0 Å². The maximum Gasteiger partial charge on any atom is 0.175 e. The Balaban J connectivity index is 1.50. The zero-order valence-corrected chi connectivity index (χ0v) is 12.6. The van der Waals surface area contributed by atoms with Crippen LogP contribution in [0.1, 0.15) is 5.76 Å². The molecule has 0 unspecified atom stereocenters. The highest BCUT2D eigenvalue weighted by Gasteiger charge is 2.09. The van der Waals surface area contributed by atoms with Crippen molar-refractivity contribution in [2.24, 2.45) is 0 Å². The first-order valence-electron chi connectivity index (χ1n) is 7.36. The Hall–Kier alpha value is -2.19. The Morgan fingerprint density at radius 2 is 1.95 bits per heavy atom. The molecule has 0 saturated carbocycles. The summed E-state index contributed by atoms with van der Waals surface area (Å²) >= 11 is 0. The zero-order valence-electron chi connectivity index (χ0n) is 12.6. The lowest BCUT2D eigenvalue weighted by molar-refractivity contribution is 0.0398. The van der Waals surface area contributed by atoms with Crippen molar-refractivity contribution in [1.29, 1.82) is 0 Å². The minimum atomic E-state index is 0.635. The van der Waals surface area contributed by atoms with Gasteiger partial charge in [-0.25, -0.2) is 9.97 Å². The van der Waals surface area contributed by atoms with Crippen LogP contribution < -0.4 is 10.6 Å². The molecule has 2 aromatic heterocycles. The van der Waals surface area contributed by atoms with E-state index in [1.165, 1.54) is 6.33 Å². The highest BCUT2D eigenvalue weighted by atomic mass is 16.5. The molecule has 0 amide bonds. The maximum absolute atomic E-state index is 5.33. The largest absolute Gasteiger partial charge is 0.379 e. The molecule has 3 rings (SSSR count). The van der Waals surface area contributed by atoms with Gasteiger partial charge in [0.15, 0.2) is 5.82 Å². The predicted molar refractivity (Wildman–Crippen MR) is 82.3 cm³/mol. The minimum absolute atomic E-state index is 0.635. The fourth-order valence-electron chi connectivity index (χ4n) is 2.25. The number of nitrogens with zero attached hydrogens (tertiary/aromatic N) is 4. The number of aromatic nitrogens is 3. The first-order chi connectivity index (χ1) is 10.8. The molecule has 0 spiro atoms. The topological polar surface area (TPSA) is 88.3 Å². The average molecular weight is 304 g/mol. The zero-order chi connectivity index (χ0) is 15.2. The van der Waals surface area contributed by atoms with Gasteiger partial charge in [0, 0.05) is 38.3 Å². The van der Waals surface area contributed by atoms with Crippen molar-refractivity contribution in [1.82, 2.24) is 20.0 Å². The Morgan fingerprint density at radius 1 is 1.14 bits per heavy atom. The first-order valence-corrected chi connectivity index (χ1v) is 7.36. The second kappa shape index (κ2) is 7.19. The third-order valence-corrected chi connectivity index (χ3v) is 3.39. The Morgan fingerprint density at radius 3 is 2.73 bits per heavy atom. The van der Waals surface area contributed by atoms with Gasteiger partial charge in [0.25, 0.3) is 0 Å². The van der Waals surface area contributed by atoms with Gasteiger partial charge < -0.3 is 19.9 Å². The Labute approximate surface area is 128 Å². The van der Waals surface area contributed by atoms with E-state index < -0.39 is 0 Å². The highest BCUT2D eigenvalue weighted by Crippen LogP contribution is 2.15. The van der Waals surface area contributed by atoms with Crippen LogP contribution in [-0.2, 0) is 4.74 Å². The van der Waals surface area contributed by atoms with Gasteiger partial charge in [-0.3, -0.25) is 4.90 Å². The molecule has 0 bridgehead atoms. The predicted octanol–water partition coefficient (Wildman–Crippen LogP) is 1.26. The summed E-state index contributed by atoms with van der Waals surface area (Å²) in [5.41, 5.74) is 0. The number of hydrogen-bond donors (Lipinski definition) is 2. The van der Waals surface area contributed by atoms with Gasteiger partial charge in [0.2, 0.25) is 0 Å². The summed E-state index contributed by atoms with van der Waals surface area (Å²) < 4.78 is 10.3. The number of ether oxygens (including phenoxy) is 1. The molecule has 1 aliphatic heterocycles. The van der Waals surface area contributed by atoms with Crippen molar-refractivity contribution in [2.45, 2.75) is 6.92 Å². The van der Waals surface area contributed by atoms with Gasteiger partial charge in [-0.15, -0.1) is 0 Å². The van der Waals surface area contributed by atoms with Crippen LogP contribution in [0.5, 0.6) is 0 Å². The number of aryl methyl sites for hydroxylation is 1. The quantitative estimate of drug-likeness (QED) is 0.824. The van der Waals surface area contributed by atoms with Crippen LogP contribution in [0.25, 0.3) is 0 Å². The standard InChI is InChI=1S/C14H20N6O2/c1-11-8-14(19-22-11)18-13-9-12(16-10-17-13)15-2-3-20-4-6-21-7-5-20/h8-10H,2-7H2,1H3,(H2,15,16,17,18,19). The van der Waals surface area contributed by atoms with Crippen LogP contribution in [0, 0.1) is 6.92 Å². The normalized spacial score (nSPS) is 15.7. The third kappa shape index (κ3) is 4.15. The van der Waals surface area contributed by atoms with Crippen LogP contribution in [0.4, 0.5) is 17.5 Å². The summed E-state index contributed by atoms with van der Waals surface area (Å²) in [5, 5.41) is 10.3. The smallest absolute Gasteiger partial charge is 0.175 e. The maximum atomic E-state index is 5.33. The molecular formula is C14H20N6O2. The van der Waals surface area contributed by atoms with Crippen LogP contribution in [0.3, 0.4) is 0 Å². The lowest BCUT2D eigenvalue weighted by Gasteiger charge is -2.26. The van der Waals surface area contributed by atoms with Crippen LogP contribution >= 0.6 is 0 Å². The monoisotopic (exact) mass is 304 g/mol. The van der Waals surface area contributed by atoms with E-state index in [2.05, 4.69) is 30.7 Å². The SMILES string of the molecule is Cc1cc(Nc2cc(NCCN3CCOCC3)ncn2)no1. The fourth-order valence-corrected chi connectivity index (χ4v) is 2.25. The van der Waals surface area contributed by atoms with E-state index in [1.54, 1.807) is 0 Å². The van der Waals surface area contributed by atoms with Gasteiger partial charge in [0.1, 0.15) is 23.7 Å². The van der Waals surface area contributed by atoms with Crippen molar-refractivity contribution in [3.63, 3.8) is 0 Å². The third-order valence-electron chi connectivity index (χ3n) is 3.39. The molecule has 3 heterocycles. The van der Waals surface area contributed by atoms with Crippen molar-refractivity contribution in [3.8, 4) is 0 Å². The van der Waals surface area contributed by atoms with E-state index in [4.69, 9.17) is 9.26 Å². The Bertz CT molecular complexity index is 597. The molecule has 0 atom stereocenters. The lowest BCUT2D eigenvalue weighted by atomic mass is 10.4. The summed E-state index contributed by atoms with van der Waals surface area (Å²) in [6.07, 6.45) is 1.52. The molecule has 1 aliphatic rings. The molecule has 22 heavy (non-hydrogen) atoms. The molecule has 8 nitrogen and oxygen atoms in total. The molecule has 1 saturated heterocycles. The van der Waals surface area contributed by atoms with Crippen LogP contribution in [-0.4, -0.2) is 59.4 Å². The van der Waals surface area contributed by atoms with E-state index in [0.29, 0.717) is 11.6 Å². The number of rotatable bonds is 6. The number of hydrogen-bond acceptors (Lipinski definition) is 8. The summed E-state index contributed by atoms with van der Waals surface area (Å²) in [6.45, 7) is 7.26. The molecule has 0 aliphatic carbocycles. The molecule has 0 aromatic carbocycles. The van der Waals surface area contributed by atoms with E-state index in [9.17, 15) is 0 Å². The van der Waals surface area contributed by atoms with Crippen molar-refractivity contribution < 1.29 is 9.26 Å². The van der Waals surface area contributed by atoms with Gasteiger partial charge in [0.05, 0.1) is 13.2 Å². The van der Waals surface area contributed by atoms with Gasteiger partial charge in [-0.1, -0.05) is 5.16 Å². The number of anilines is 3. The molecular weight excluding hydrogens is 284 g/mol. The number of nitrogens with one attached hydrogen (secondary N) is 2. The van der Waals surface area contributed by atoms with Gasteiger partial charge >= 0.3 is 0 Å². The molecule has 2 aromatic rings. The lowest BCUT2D eigenvalue weighted by Crippen LogP contribution is -2.39. The summed E-state index contributed by atoms with van der Waals surface area (Å²) in [5.74, 6) is 2.85. The van der Waals surface area contributed by atoms with Gasteiger partial charge in [-0.2, -0.15) is 0 Å². The van der Waals surface area contributed by atoms with Gasteiger partial charge in [-0.05, 0) is 6.92 Å². The van der Waals surface area contributed by atoms with E-state index in [-0.39, 0.29) is 0 Å². The number of morpholine rings is 1. The van der Waals surface area contributed by atoms with Crippen LogP contribution in [0.15, 0.2) is 23.0 Å². The highest BCUT2D eigenvalue weighted by molar-refractivity contribution is 5.55. The average Bonchev–Trinajstić information content (AvgIpc) is 2.94. The summed E-state index contributed by atoms with van der Waals surface area (Å²) in [6, 6.07) is 3.66. The first kappa shape index (κ1) is 14.7. The van der Waals surface area contributed by atoms with Crippen LogP contribution in [0.2, 0.25) is 0 Å². The molecule has 2 N–H and O–H groups in total. The molecule has 118 valence electrons.